The predicted octanol–water partition coefficient (Wildman–Crippen LogP) is 2.56. The normalized spacial score (nSPS) is 15.7. The predicted molar refractivity (Wildman–Crippen MR) is 64.5 cm³/mol. The van der Waals surface area contributed by atoms with Gasteiger partial charge in [0.2, 0.25) is 0 Å². The zero-order valence-corrected chi connectivity index (χ0v) is 10.4. The quantitative estimate of drug-likeness (QED) is 0.809. The standard InChI is InChI=1S/C12H16ClNO2/c1-15-10-5-4-9(8-14-6-3-7-14)11(13)12(10)16-2/h4-5H,3,6-8H2,1-2H3. The molecule has 0 bridgehead atoms. The fourth-order valence-corrected chi connectivity index (χ4v) is 2.13. The minimum atomic E-state index is 0.627. The molecule has 0 aliphatic carbocycles. The van der Waals surface area contributed by atoms with Crippen LogP contribution in [0.25, 0.3) is 0 Å². The Morgan fingerprint density at radius 1 is 1.25 bits per heavy atom. The molecule has 0 amide bonds. The van der Waals surface area contributed by atoms with Crippen molar-refractivity contribution in [1.29, 1.82) is 0 Å². The van der Waals surface area contributed by atoms with Crippen LogP contribution in [0.4, 0.5) is 0 Å². The monoisotopic (exact) mass is 241 g/mol. The molecular weight excluding hydrogens is 226 g/mol. The minimum absolute atomic E-state index is 0.627. The number of ether oxygens (including phenoxy) is 2. The molecule has 16 heavy (non-hydrogen) atoms. The molecule has 1 saturated heterocycles. The molecule has 3 nitrogen and oxygen atoms in total. The second kappa shape index (κ2) is 4.93. The maximum atomic E-state index is 6.29. The van der Waals surface area contributed by atoms with Crippen LogP contribution in [0, 0.1) is 0 Å². The molecule has 0 saturated carbocycles. The number of halogens is 1. The van der Waals surface area contributed by atoms with Crippen molar-refractivity contribution in [3.63, 3.8) is 0 Å². The van der Waals surface area contributed by atoms with Crippen LogP contribution in [0.3, 0.4) is 0 Å². The molecule has 4 heteroatoms. The first kappa shape index (κ1) is 11.6. The fourth-order valence-electron chi connectivity index (χ4n) is 1.83. The molecule has 1 aromatic rings. The third-order valence-electron chi connectivity index (χ3n) is 2.91. The Labute approximate surface area is 101 Å². The molecule has 0 unspecified atom stereocenters. The lowest BCUT2D eigenvalue weighted by Crippen LogP contribution is -2.36. The van der Waals surface area contributed by atoms with Gasteiger partial charge >= 0.3 is 0 Å². The first-order valence-corrected chi connectivity index (χ1v) is 5.75. The van der Waals surface area contributed by atoms with Crippen LogP contribution in [0.5, 0.6) is 11.5 Å². The van der Waals surface area contributed by atoms with Crippen LogP contribution >= 0.6 is 11.6 Å². The maximum absolute atomic E-state index is 6.29. The van der Waals surface area contributed by atoms with Gasteiger partial charge in [0.15, 0.2) is 11.5 Å². The van der Waals surface area contributed by atoms with E-state index in [1.807, 2.05) is 12.1 Å². The summed E-state index contributed by atoms with van der Waals surface area (Å²) in [6, 6.07) is 3.90. The van der Waals surface area contributed by atoms with E-state index in [1.54, 1.807) is 14.2 Å². The molecule has 1 fully saturated rings. The van der Waals surface area contributed by atoms with Crippen LogP contribution in [-0.2, 0) is 6.54 Å². The van der Waals surface area contributed by atoms with Gasteiger partial charge in [0, 0.05) is 6.54 Å². The van der Waals surface area contributed by atoms with Crippen molar-refractivity contribution < 1.29 is 9.47 Å². The number of likely N-dealkylation sites (tertiary alicyclic amines) is 1. The van der Waals surface area contributed by atoms with E-state index in [2.05, 4.69) is 4.90 Å². The van der Waals surface area contributed by atoms with Gasteiger partial charge in [0.1, 0.15) is 0 Å². The number of hydrogen-bond acceptors (Lipinski definition) is 3. The highest BCUT2D eigenvalue weighted by Crippen LogP contribution is 2.37. The average Bonchev–Trinajstić information content (AvgIpc) is 2.24. The van der Waals surface area contributed by atoms with Crippen molar-refractivity contribution in [1.82, 2.24) is 4.90 Å². The molecule has 0 atom stereocenters. The van der Waals surface area contributed by atoms with E-state index >= 15 is 0 Å². The molecule has 1 aromatic carbocycles. The van der Waals surface area contributed by atoms with E-state index in [9.17, 15) is 0 Å². The number of nitrogens with zero attached hydrogens (tertiary/aromatic N) is 1. The summed E-state index contributed by atoms with van der Waals surface area (Å²) in [5.74, 6) is 1.31. The van der Waals surface area contributed by atoms with Gasteiger partial charge < -0.3 is 9.47 Å². The van der Waals surface area contributed by atoms with Crippen LogP contribution in [0.2, 0.25) is 5.02 Å². The summed E-state index contributed by atoms with van der Waals surface area (Å²) in [6.07, 6.45) is 1.28. The highest BCUT2D eigenvalue weighted by molar-refractivity contribution is 6.33. The molecule has 0 spiro atoms. The van der Waals surface area contributed by atoms with E-state index in [1.165, 1.54) is 6.42 Å². The van der Waals surface area contributed by atoms with Gasteiger partial charge in [-0.1, -0.05) is 17.7 Å². The largest absolute Gasteiger partial charge is 0.493 e. The van der Waals surface area contributed by atoms with Crippen molar-refractivity contribution in [2.75, 3.05) is 27.3 Å². The van der Waals surface area contributed by atoms with E-state index in [4.69, 9.17) is 21.1 Å². The SMILES string of the molecule is COc1ccc(CN2CCC2)c(Cl)c1OC. The third kappa shape index (κ3) is 2.11. The van der Waals surface area contributed by atoms with Crippen LogP contribution in [-0.4, -0.2) is 32.2 Å². The number of methoxy groups -OCH3 is 2. The van der Waals surface area contributed by atoms with Gasteiger partial charge in [-0.2, -0.15) is 0 Å². The number of benzene rings is 1. The Kier molecular flexibility index (Phi) is 3.56. The van der Waals surface area contributed by atoms with Gasteiger partial charge in [0.25, 0.3) is 0 Å². The van der Waals surface area contributed by atoms with Crippen molar-refractivity contribution in [3.8, 4) is 11.5 Å². The second-order valence-corrected chi connectivity index (χ2v) is 4.28. The van der Waals surface area contributed by atoms with E-state index in [0.717, 1.165) is 25.2 Å². The summed E-state index contributed by atoms with van der Waals surface area (Å²) < 4.78 is 10.5. The zero-order chi connectivity index (χ0) is 11.5. The van der Waals surface area contributed by atoms with E-state index < -0.39 is 0 Å². The van der Waals surface area contributed by atoms with Crippen molar-refractivity contribution in [3.05, 3.63) is 22.7 Å². The second-order valence-electron chi connectivity index (χ2n) is 3.90. The summed E-state index contributed by atoms with van der Waals surface area (Å²) in [5.41, 5.74) is 1.10. The van der Waals surface area contributed by atoms with Crippen molar-refractivity contribution in [2.45, 2.75) is 13.0 Å². The van der Waals surface area contributed by atoms with Crippen LogP contribution in [0.15, 0.2) is 12.1 Å². The summed E-state index contributed by atoms with van der Waals surface area (Å²) >= 11 is 6.29. The summed E-state index contributed by atoms with van der Waals surface area (Å²) in [6.45, 7) is 3.20. The first-order chi connectivity index (χ1) is 7.76. The fraction of sp³-hybridized carbons (Fsp3) is 0.500. The topological polar surface area (TPSA) is 21.7 Å². The summed E-state index contributed by atoms with van der Waals surface area (Å²) in [5, 5.41) is 0.661. The highest BCUT2D eigenvalue weighted by atomic mass is 35.5. The molecule has 88 valence electrons. The molecule has 0 aromatic heterocycles. The first-order valence-electron chi connectivity index (χ1n) is 5.38. The Morgan fingerprint density at radius 2 is 2.00 bits per heavy atom. The average molecular weight is 242 g/mol. The third-order valence-corrected chi connectivity index (χ3v) is 3.32. The molecule has 2 rings (SSSR count). The molecule has 1 heterocycles. The lowest BCUT2D eigenvalue weighted by molar-refractivity contribution is 0.172. The Balaban J connectivity index is 2.24. The van der Waals surface area contributed by atoms with E-state index in [0.29, 0.717) is 16.5 Å². The summed E-state index contributed by atoms with van der Waals surface area (Å²) in [4.78, 5) is 2.35. The van der Waals surface area contributed by atoms with E-state index in [-0.39, 0.29) is 0 Å². The van der Waals surface area contributed by atoms with Gasteiger partial charge in [-0.15, -0.1) is 0 Å². The van der Waals surface area contributed by atoms with Crippen molar-refractivity contribution >= 4 is 11.6 Å². The van der Waals surface area contributed by atoms with Crippen LogP contribution in [0.1, 0.15) is 12.0 Å². The van der Waals surface area contributed by atoms with Gasteiger partial charge in [-0.05, 0) is 31.1 Å². The lowest BCUT2D eigenvalue weighted by atomic mass is 10.1. The number of rotatable bonds is 4. The Morgan fingerprint density at radius 3 is 2.50 bits per heavy atom. The van der Waals surface area contributed by atoms with Gasteiger partial charge in [-0.3, -0.25) is 4.90 Å². The van der Waals surface area contributed by atoms with Crippen LogP contribution < -0.4 is 9.47 Å². The minimum Gasteiger partial charge on any atom is -0.493 e. The molecule has 1 aliphatic rings. The summed E-state index contributed by atoms with van der Waals surface area (Å²) in [7, 11) is 3.22. The number of hydrogen-bond donors (Lipinski definition) is 0. The lowest BCUT2D eigenvalue weighted by Gasteiger charge is -2.31. The maximum Gasteiger partial charge on any atom is 0.179 e. The zero-order valence-electron chi connectivity index (χ0n) is 9.62. The molecule has 1 aliphatic heterocycles. The Bertz CT molecular complexity index is 378. The molecule has 0 N–H and O–H groups in total. The highest BCUT2D eigenvalue weighted by Gasteiger charge is 2.18. The smallest absolute Gasteiger partial charge is 0.179 e. The van der Waals surface area contributed by atoms with Gasteiger partial charge in [0.05, 0.1) is 19.2 Å². The van der Waals surface area contributed by atoms with Gasteiger partial charge in [-0.25, -0.2) is 0 Å². The Hall–Kier alpha value is -0.930. The molecular formula is C12H16ClNO2. The van der Waals surface area contributed by atoms with Crippen molar-refractivity contribution in [2.24, 2.45) is 0 Å². The molecule has 0 radical (unpaired) electrons.